The highest BCUT2D eigenvalue weighted by molar-refractivity contribution is 5.92. The summed E-state index contributed by atoms with van der Waals surface area (Å²) in [6.07, 6.45) is 0. The van der Waals surface area contributed by atoms with Gasteiger partial charge in [0.05, 0.1) is 11.2 Å². The number of rotatable bonds is 4. The molecule has 0 saturated carbocycles. The van der Waals surface area contributed by atoms with Crippen molar-refractivity contribution >= 4 is 16.6 Å². The van der Waals surface area contributed by atoms with Gasteiger partial charge in [-0.3, -0.25) is 0 Å². The molecule has 1 atom stereocenters. The van der Waals surface area contributed by atoms with Crippen molar-refractivity contribution in [3.63, 3.8) is 0 Å². The molecule has 0 spiro atoms. The number of nitriles is 1. The molecule has 0 amide bonds. The third-order valence-electron chi connectivity index (χ3n) is 2.85. The lowest BCUT2D eigenvalue weighted by molar-refractivity contribution is 0.638. The van der Waals surface area contributed by atoms with Gasteiger partial charge >= 0.3 is 0 Å². The molecule has 2 N–H and O–H groups in total. The Labute approximate surface area is 106 Å². The van der Waals surface area contributed by atoms with Crippen LogP contribution in [0.2, 0.25) is 0 Å². The summed E-state index contributed by atoms with van der Waals surface area (Å²) in [5, 5.41) is 24.4. The number of likely N-dealkylation sites (N-methyl/N-ethyl adjacent to an activating group) is 1. The molecule has 2 rings (SSSR count). The van der Waals surface area contributed by atoms with Crippen molar-refractivity contribution in [1.82, 2.24) is 15.5 Å². The van der Waals surface area contributed by atoms with E-state index < -0.39 is 0 Å². The number of nitrogens with zero attached hydrogens (tertiary/aromatic N) is 3. The van der Waals surface area contributed by atoms with Gasteiger partial charge in [0, 0.05) is 18.0 Å². The number of hydrogen-bond donors (Lipinski definition) is 2. The van der Waals surface area contributed by atoms with Crippen LogP contribution in [-0.4, -0.2) is 29.8 Å². The number of benzene rings is 1. The van der Waals surface area contributed by atoms with Gasteiger partial charge in [0.2, 0.25) is 0 Å². The number of anilines is 1. The Balaban J connectivity index is 2.42. The summed E-state index contributed by atoms with van der Waals surface area (Å²) in [5.74, 6) is 0. The van der Waals surface area contributed by atoms with E-state index in [0.717, 1.165) is 23.1 Å². The van der Waals surface area contributed by atoms with Crippen LogP contribution in [0.25, 0.3) is 10.9 Å². The van der Waals surface area contributed by atoms with Crippen molar-refractivity contribution in [2.75, 3.05) is 18.9 Å². The Kier molecular flexibility index (Phi) is 3.70. The summed E-state index contributed by atoms with van der Waals surface area (Å²) in [6, 6.07) is 10.0. The third kappa shape index (κ3) is 2.39. The molecule has 1 aromatic carbocycles. The van der Waals surface area contributed by atoms with Gasteiger partial charge in [0.15, 0.2) is 5.69 Å². The molecular weight excluding hydrogens is 226 g/mol. The SMILES string of the molecule is CNC(C)CNc1c(C#N)nnc2ccccc12. The molecule has 0 aliphatic rings. The second kappa shape index (κ2) is 5.43. The Morgan fingerprint density at radius 3 is 2.83 bits per heavy atom. The summed E-state index contributed by atoms with van der Waals surface area (Å²) in [6.45, 7) is 2.79. The summed E-state index contributed by atoms with van der Waals surface area (Å²) >= 11 is 0. The standard InChI is InChI=1S/C13H15N5/c1-9(15-2)8-16-13-10-5-3-4-6-11(10)17-18-12(13)7-14/h3-6,9,15H,8H2,1-2H3,(H,16,17). The summed E-state index contributed by atoms with van der Waals surface area (Å²) < 4.78 is 0. The maximum absolute atomic E-state index is 9.09. The van der Waals surface area contributed by atoms with Crippen LogP contribution < -0.4 is 10.6 Å². The molecular formula is C13H15N5. The van der Waals surface area contributed by atoms with E-state index in [1.165, 1.54) is 0 Å². The summed E-state index contributed by atoms with van der Waals surface area (Å²) in [4.78, 5) is 0. The van der Waals surface area contributed by atoms with Crippen molar-refractivity contribution < 1.29 is 0 Å². The average Bonchev–Trinajstić information content (AvgIpc) is 2.44. The molecule has 92 valence electrons. The number of aromatic nitrogens is 2. The van der Waals surface area contributed by atoms with Crippen molar-refractivity contribution in [2.24, 2.45) is 0 Å². The van der Waals surface area contributed by atoms with Gasteiger partial charge in [-0.15, -0.1) is 10.2 Å². The van der Waals surface area contributed by atoms with Gasteiger partial charge < -0.3 is 10.6 Å². The van der Waals surface area contributed by atoms with Gasteiger partial charge in [-0.25, -0.2) is 0 Å². The molecule has 0 saturated heterocycles. The molecule has 5 heteroatoms. The second-order valence-electron chi connectivity index (χ2n) is 4.12. The smallest absolute Gasteiger partial charge is 0.186 e. The average molecular weight is 241 g/mol. The van der Waals surface area contributed by atoms with Crippen LogP contribution >= 0.6 is 0 Å². The zero-order valence-corrected chi connectivity index (χ0v) is 10.4. The molecule has 0 aliphatic heterocycles. The molecule has 0 aliphatic carbocycles. The van der Waals surface area contributed by atoms with Gasteiger partial charge in [0.25, 0.3) is 0 Å². The Hall–Kier alpha value is -2.19. The predicted octanol–water partition coefficient (Wildman–Crippen LogP) is 1.52. The van der Waals surface area contributed by atoms with Gasteiger partial charge in [-0.1, -0.05) is 18.2 Å². The minimum absolute atomic E-state index is 0.309. The second-order valence-corrected chi connectivity index (χ2v) is 4.12. The monoisotopic (exact) mass is 241 g/mol. The largest absolute Gasteiger partial charge is 0.381 e. The molecule has 0 bridgehead atoms. The van der Waals surface area contributed by atoms with E-state index in [9.17, 15) is 0 Å². The molecule has 2 aromatic rings. The highest BCUT2D eigenvalue weighted by Gasteiger charge is 2.10. The van der Waals surface area contributed by atoms with E-state index in [-0.39, 0.29) is 0 Å². The van der Waals surface area contributed by atoms with Crippen LogP contribution in [0.1, 0.15) is 12.6 Å². The molecule has 0 fully saturated rings. The fraction of sp³-hybridized carbons (Fsp3) is 0.308. The van der Waals surface area contributed by atoms with Crippen LogP contribution in [-0.2, 0) is 0 Å². The van der Waals surface area contributed by atoms with Crippen LogP contribution in [0.3, 0.4) is 0 Å². The topological polar surface area (TPSA) is 73.6 Å². The van der Waals surface area contributed by atoms with Gasteiger partial charge in [0.1, 0.15) is 6.07 Å². The molecule has 1 unspecified atom stereocenters. The normalized spacial score (nSPS) is 12.1. The van der Waals surface area contributed by atoms with E-state index in [4.69, 9.17) is 5.26 Å². The van der Waals surface area contributed by atoms with E-state index in [2.05, 4.69) is 33.8 Å². The lowest BCUT2D eigenvalue weighted by atomic mass is 10.1. The molecule has 5 nitrogen and oxygen atoms in total. The highest BCUT2D eigenvalue weighted by atomic mass is 15.1. The zero-order chi connectivity index (χ0) is 13.0. The maximum atomic E-state index is 9.09. The third-order valence-corrected chi connectivity index (χ3v) is 2.85. The number of fused-ring (bicyclic) bond motifs is 1. The van der Waals surface area contributed by atoms with E-state index >= 15 is 0 Å². The molecule has 1 aromatic heterocycles. The fourth-order valence-corrected chi connectivity index (χ4v) is 1.67. The first kappa shape index (κ1) is 12.3. The summed E-state index contributed by atoms with van der Waals surface area (Å²) in [7, 11) is 1.90. The van der Waals surface area contributed by atoms with Crippen LogP contribution in [0, 0.1) is 11.3 Å². The first-order chi connectivity index (χ1) is 8.76. The summed E-state index contributed by atoms with van der Waals surface area (Å²) in [5.41, 5.74) is 1.87. The minimum Gasteiger partial charge on any atom is -0.381 e. The van der Waals surface area contributed by atoms with Gasteiger partial charge in [-0.05, 0) is 20.0 Å². The van der Waals surface area contributed by atoms with Crippen molar-refractivity contribution in [1.29, 1.82) is 5.26 Å². The first-order valence-corrected chi connectivity index (χ1v) is 5.83. The van der Waals surface area contributed by atoms with E-state index in [0.29, 0.717) is 11.7 Å². The fourth-order valence-electron chi connectivity index (χ4n) is 1.67. The minimum atomic E-state index is 0.309. The zero-order valence-electron chi connectivity index (χ0n) is 10.4. The Morgan fingerprint density at radius 1 is 1.33 bits per heavy atom. The Bertz CT molecular complexity index is 587. The number of hydrogen-bond acceptors (Lipinski definition) is 5. The molecule has 0 radical (unpaired) electrons. The maximum Gasteiger partial charge on any atom is 0.186 e. The van der Waals surface area contributed by atoms with E-state index in [1.54, 1.807) is 0 Å². The van der Waals surface area contributed by atoms with E-state index in [1.807, 2.05) is 31.3 Å². The predicted molar refractivity (Wildman–Crippen MR) is 71.3 cm³/mol. The lowest BCUT2D eigenvalue weighted by Gasteiger charge is -2.14. The Morgan fingerprint density at radius 2 is 2.11 bits per heavy atom. The van der Waals surface area contributed by atoms with Crippen molar-refractivity contribution in [3.05, 3.63) is 30.0 Å². The van der Waals surface area contributed by atoms with Crippen LogP contribution in [0.5, 0.6) is 0 Å². The highest BCUT2D eigenvalue weighted by Crippen LogP contribution is 2.23. The van der Waals surface area contributed by atoms with Crippen molar-refractivity contribution in [2.45, 2.75) is 13.0 Å². The lowest BCUT2D eigenvalue weighted by Crippen LogP contribution is -2.29. The van der Waals surface area contributed by atoms with Crippen LogP contribution in [0.15, 0.2) is 24.3 Å². The molecule has 1 heterocycles. The van der Waals surface area contributed by atoms with Gasteiger partial charge in [-0.2, -0.15) is 5.26 Å². The number of nitrogens with one attached hydrogen (secondary N) is 2. The molecule has 18 heavy (non-hydrogen) atoms. The van der Waals surface area contributed by atoms with Crippen molar-refractivity contribution in [3.8, 4) is 6.07 Å². The quantitative estimate of drug-likeness (QED) is 0.849. The van der Waals surface area contributed by atoms with Crippen LogP contribution in [0.4, 0.5) is 5.69 Å². The first-order valence-electron chi connectivity index (χ1n) is 5.83.